The molecule has 0 spiro atoms. The quantitative estimate of drug-likeness (QED) is 0.592. The van der Waals surface area contributed by atoms with Crippen LogP contribution >= 0.6 is 11.6 Å². The number of nitrogens with one attached hydrogen (secondary N) is 1. The zero-order chi connectivity index (χ0) is 22.5. The molecule has 2 aromatic carbocycles. The van der Waals surface area contributed by atoms with Gasteiger partial charge >= 0.3 is 6.18 Å². The summed E-state index contributed by atoms with van der Waals surface area (Å²) in [5.41, 5.74) is -0.158. The van der Waals surface area contributed by atoms with Gasteiger partial charge in [0.05, 0.1) is 17.7 Å². The molecule has 0 saturated heterocycles. The molecule has 0 aromatic heterocycles. The summed E-state index contributed by atoms with van der Waals surface area (Å²) in [6, 6.07) is 9.00. The Morgan fingerprint density at radius 3 is 2.57 bits per heavy atom. The van der Waals surface area contributed by atoms with Crippen LogP contribution in [0, 0.1) is 0 Å². The summed E-state index contributed by atoms with van der Waals surface area (Å²) in [5.74, 6) is -0.776. The molecule has 0 radical (unpaired) electrons. The van der Waals surface area contributed by atoms with Crippen LogP contribution in [0.15, 0.2) is 60.0 Å². The van der Waals surface area contributed by atoms with Gasteiger partial charge in [0.25, 0.3) is 15.9 Å². The smallest absolute Gasteiger partial charge is 0.406 e. The first-order chi connectivity index (χ1) is 14.0. The number of ether oxygens (including phenoxy) is 1. The number of rotatable bonds is 8. The Bertz CT molecular complexity index is 1040. The molecule has 30 heavy (non-hydrogen) atoms. The summed E-state index contributed by atoms with van der Waals surface area (Å²) in [7, 11) is -2.85. The van der Waals surface area contributed by atoms with Crippen molar-refractivity contribution in [1.82, 2.24) is 4.90 Å². The van der Waals surface area contributed by atoms with Crippen LogP contribution in [0.3, 0.4) is 0 Å². The number of amides is 1. The van der Waals surface area contributed by atoms with Gasteiger partial charge in [-0.2, -0.15) is 13.2 Å². The molecule has 0 atom stereocenters. The van der Waals surface area contributed by atoms with Crippen LogP contribution in [0.1, 0.15) is 10.4 Å². The zero-order valence-electron chi connectivity index (χ0n) is 15.7. The van der Waals surface area contributed by atoms with Gasteiger partial charge in [-0.05, 0) is 36.4 Å². The van der Waals surface area contributed by atoms with Gasteiger partial charge in [-0.1, -0.05) is 23.7 Å². The van der Waals surface area contributed by atoms with E-state index in [9.17, 15) is 26.4 Å². The van der Waals surface area contributed by atoms with Crippen molar-refractivity contribution in [2.24, 2.45) is 0 Å². The normalized spacial score (nSPS) is 11.6. The average molecular weight is 463 g/mol. The predicted molar refractivity (Wildman–Crippen MR) is 107 cm³/mol. The monoisotopic (exact) mass is 462 g/mol. The molecular formula is C19H18ClF3N2O4S. The number of carbonyl (C=O) groups excluding carboxylic acids is 1. The lowest BCUT2D eigenvalue weighted by Gasteiger charge is -2.22. The molecular weight excluding hydrogens is 445 g/mol. The largest absolute Gasteiger partial charge is 0.495 e. The van der Waals surface area contributed by atoms with Crippen molar-refractivity contribution in [1.29, 1.82) is 0 Å². The first-order valence-corrected chi connectivity index (χ1v) is 10.3. The van der Waals surface area contributed by atoms with Gasteiger partial charge in [0.1, 0.15) is 12.3 Å². The lowest BCUT2D eigenvalue weighted by atomic mass is 10.2. The molecule has 162 valence electrons. The van der Waals surface area contributed by atoms with Crippen LogP contribution in [0.4, 0.5) is 18.9 Å². The van der Waals surface area contributed by atoms with Crippen molar-refractivity contribution < 1.29 is 31.1 Å². The highest BCUT2D eigenvalue weighted by Crippen LogP contribution is 2.30. The Morgan fingerprint density at radius 1 is 1.27 bits per heavy atom. The van der Waals surface area contributed by atoms with E-state index >= 15 is 0 Å². The fourth-order valence-corrected chi connectivity index (χ4v) is 3.81. The number of anilines is 1. The minimum absolute atomic E-state index is 0.0621. The van der Waals surface area contributed by atoms with Crippen LogP contribution in [0.25, 0.3) is 0 Å². The van der Waals surface area contributed by atoms with Crippen LogP contribution in [-0.2, 0) is 10.0 Å². The standard InChI is InChI=1S/C19H18ClF3N2O4S/c1-3-9-25(12-19(21,22)23)18(26)13-5-4-6-15(10-13)30(27,28)24-16-11-14(20)7-8-17(16)29-2/h3-8,10-11,24H,1,9,12H2,2H3. The summed E-state index contributed by atoms with van der Waals surface area (Å²) in [6.45, 7) is 1.50. The van der Waals surface area contributed by atoms with E-state index in [1.165, 1.54) is 43.5 Å². The molecule has 0 aliphatic carbocycles. The summed E-state index contributed by atoms with van der Waals surface area (Å²) in [4.78, 5) is 12.7. The molecule has 0 heterocycles. The Morgan fingerprint density at radius 2 is 1.97 bits per heavy atom. The second-order valence-corrected chi connectivity index (χ2v) is 8.19. The maximum Gasteiger partial charge on any atom is 0.406 e. The molecule has 0 fully saturated rings. The number of hydrogen-bond acceptors (Lipinski definition) is 4. The molecule has 2 aromatic rings. The van der Waals surface area contributed by atoms with Crippen LogP contribution in [-0.4, -0.2) is 45.6 Å². The van der Waals surface area contributed by atoms with Gasteiger partial charge < -0.3 is 9.64 Å². The number of hydrogen-bond donors (Lipinski definition) is 1. The number of halogens is 4. The second kappa shape index (κ2) is 9.40. The van der Waals surface area contributed by atoms with E-state index < -0.39 is 28.7 Å². The second-order valence-electron chi connectivity index (χ2n) is 6.07. The Kier molecular flexibility index (Phi) is 7.38. The SMILES string of the molecule is C=CCN(CC(F)(F)F)C(=O)c1cccc(S(=O)(=O)Nc2cc(Cl)ccc2OC)c1. The minimum atomic E-state index is -4.62. The van der Waals surface area contributed by atoms with Crippen molar-refractivity contribution >= 4 is 33.2 Å². The lowest BCUT2D eigenvalue weighted by Crippen LogP contribution is -2.39. The third-order valence-electron chi connectivity index (χ3n) is 3.80. The number of alkyl halides is 3. The van der Waals surface area contributed by atoms with E-state index in [1.807, 2.05) is 0 Å². The van der Waals surface area contributed by atoms with Crippen molar-refractivity contribution in [3.05, 3.63) is 65.7 Å². The Labute approximate surface area is 176 Å². The average Bonchev–Trinajstić information content (AvgIpc) is 2.66. The molecule has 0 unspecified atom stereocenters. The molecule has 1 amide bonds. The van der Waals surface area contributed by atoms with Gasteiger partial charge in [0.15, 0.2) is 0 Å². The predicted octanol–water partition coefficient (Wildman–Crippen LogP) is 4.34. The van der Waals surface area contributed by atoms with Crippen LogP contribution < -0.4 is 9.46 Å². The lowest BCUT2D eigenvalue weighted by molar-refractivity contribution is -0.139. The zero-order valence-corrected chi connectivity index (χ0v) is 17.3. The topological polar surface area (TPSA) is 75.7 Å². The highest BCUT2D eigenvalue weighted by molar-refractivity contribution is 7.92. The molecule has 0 aliphatic rings. The molecule has 0 bridgehead atoms. The van der Waals surface area contributed by atoms with E-state index in [0.29, 0.717) is 4.90 Å². The number of sulfonamides is 1. The first kappa shape index (κ1) is 23.6. The molecule has 6 nitrogen and oxygen atoms in total. The first-order valence-electron chi connectivity index (χ1n) is 8.40. The van der Waals surface area contributed by atoms with Gasteiger partial charge in [-0.3, -0.25) is 9.52 Å². The Hall–Kier alpha value is -2.72. The maximum absolute atomic E-state index is 12.8. The van der Waals surface area contributed by atoms with E-state index in [0.717, 1.165) is 12.1 Å². The summed E-state index contributed by atoms with van der Waals surface area (Å²) in [6.07, 6.45) is -3.47. The van der Waals surface area contributed by atoms with Crippen molar-refractivity contribution in [2.75, 3.05) is 24.9 Å². The number of nitrogens with zero attached hydrogens (tertiary/aromatic N) is 1. The van der Waals surface area contributed by atoms with Crippen molar-refractivity contribution in [2.45, 2.75) is 11.1 Å². The molecule has 0 saturated carbocycles. The van der Waals surface area contributed by atoms with E-state index in [2.05, 4.69) is 11.3 Å². The fraction of sp³-hybridized carbons (Fsp3) is 0.211. The molecule has 11 heteroatoms. The van der Waals surface area contributed by atoms with Crippen LogP contribution in [0.2, 0.25) is 5.02 Å². The number of carbonyl (C=O) groups is 1. The number of methoxy groups -OCH3 is 1. The third kappa shape index (κ3) is 6.14. The highest BCUT2D eigenvalue weighted by atomic mass is 35.5. The van der Waals surface area contributed by atoms with E-state index in [1.54, 1.807) is 0 Å². The molecule has 2 rings (SSSR count). The molecule has 0 aliphatic heterocycles. The van der Waals surface area contributed by atoms with Gasteiger partial charge in [-0.15, -0.1) is 6.58 Å². The van der Waals surface area contributed by atoms with Gasteiger partial charge in [0, 0.05) is 17.1 Å². The van der Waals surface area contributed by atoms with E-state index in [-0.39, 0.29) is 33.5 Å². The van der Waals surface area contributed by atoms with Gasteiger partial charge in [-0.25, -0.2) is 8.42 Å². The minimum Gasteiger partial charge on any atom is -0.495 e. The van der Waals surface area contributed by atoms with Crippen molar-refractivity contribution in [3.8, 4) is 5.75 Å². The Balaban J connectivity index is 2.36. The van der Waals surface area contributed by atoms with Gasteiger partial charge in [0.2, 0.25) is 0 Å². The summed E-state index contributed by atoms with van der Waals surface area (Å²) in [5, 5.41) is 0.254. The third-order valence-corrected chi connectivity index (χ3v) is 5.40. The fourth-order valence-electron chi connectivity index (χ4n) is 2.53. The summed E-state index contributed by atoms with van der Waals surface area (Å²) >= 11 is 5.89. The summed E-state index contributed by atoms with van der Waals surface area (Å²) < 4.78 is 71.2. The maximum atomic E-state index is 12.8. The van der Waals surface area contributed by atoms with Crippen molar-refractivity contribution in [3.63, 3.8) is 0 Å². The van der Waals surface area contributed by atoms with Crippen LogP contribution in [0.5, 0.6) is 5.75 Å². The number of benzene rings is 2. The highest BCUT2D eigenvalue weighted by Gasteiger charge is 2.33. The molecule has 1 N–H and O–H groups in total. The van der Waals surface area contributed by atoms with E-state index in [4.69, 9.17) is 16.3 Å².